The van der Waals surface area contributed by atoms with E-state index in [9.17, 15) is 4.79 Å². The molecule has 0 aliphatic heterocycles. The Bertz CT molecular complexity index is 1010. The Labute approximate surface area is 171 Å². The molecule has 0 spiro atoms. The number of amides is 1. The van der Waals surface area contributed by atoms with E-state index in [2.05, 4.69) is 28.5 Å². The minimum absolute atomic E-state index is 0.0171. The molecule has 5 heteroatoms. The van der Waals surface area contributed by atoms with Crippen molar-refractivity contribution in [3.05, 3.63) is 82.9 Å². The zero-order valence-electron chi connectivity index (χ0n) is 17.0. The second-order valence-corrected chi connectivity index (χ2v) is 7.66. The molecule has 1 atom stereocenters. The molecule has 0 saturated carbocycles. The zero-order chi connectivity index (χ0) is 20.2. The highest BCUT2D eigenvalue weighted by Gasteiger charge is 2.21. The first kappa shape index (κ1) is 19.2. The first-order valence-electron chi connectivity index (χ1n) is 10.2. The number of benzene rings is 2. The first-order valence-corrected chi connectivity index (χ1v) is 10.2. The molecule has 3 aromatic rings. The maximum atomic E-state index is 12.9. The molecule has 0 fully saturated rings. The zero-order valence-corrected chi connectivity index (χ0v) is 17.0. The number of imidazole rings is 1. The number of hydrogen-bond donors (Lipinski definition) is 1. The number of hydrogen-bond acceptors (Lipinski definition) is 3. The lowest BCUT2D eigenvalue weighted by molar-refractivity contribution is -0.121. The van der Waals surface area contributed by atoms with Crippen molar-refractivity contribution in [2.75, 3.05) is 7.11 Å². The molecule has 0 radical (unpaired) electrons. The topological polar surface area (TPSA) is 56.1 Å². The molecule has 1 aliphatic rings. The Morgan fingerprint density at radius 1 is 1.17 bits per heavy atom. The van der Waals surface area contributed by atoms with Crippen LogP contribution in [0.2, 0.25) is 0 Å². The lowest BCUT2D eigenvalue weighted by Gasteiger charge is -2.20. The van der Waals surface area contributed by atoms with Gasteiger partial charge in [-0.3, -0.25) is 4.79 Å². The molecule has 2 aromatic carbocycles. The second-order valence-electron chi connectivity index (χ2n) is 7.66. The average Bonchev–Trinajstić information content (AvgIpc) is 3.17. The van der Waals surface area contributed by atoms with E-state index < -0.39 is 0 Å². The molecule has 1 N–H and O–H groups in total. The maximum Gasteiger partial charge on any atom is 0.225 e. The van der Waals surface area contributed by atoms with E-state index in [1.807, 2.05) is 42.1 Å². The van der Waals surface area contributed by atoms with Gasteiger partial charge < -0.3 is 14.6 Å². The van der Waals surface area contributed by atoms with Gasteiger partial charge in [-0.2, -0.15) is 0 Å². The van der Waals surface area contributed by atoms with Gasteiger partial charge in [0.25, 0.3) is 0 Å². The van der Waals surface area contributed by atoms with E-state index in [4.69, 9.17) is 4.74 Å². The third-order valence-corrected chi connectivity index (χ3v) is 5.63. The van der Waals surface area contributed by atoms with E-state index in [0.717, 1.165) is 35.5 Å². The van der Waals surface area contributed by atoms with Crippen molar-refractivity contribution in [3.8, 4) is 5.75 Å². The van der Waals surface area contributed by atoms with Crippen LogP contribution in [0.3, 0.4) is 0 Å². The number of nitrogens with one attached hydrogen (secondary N) is 1. The number of rotatable bonds is 6. The van der Waals surface area contributed by atoms with Gasteiger partial charge in [-0.15, -0.1) is 0 Å². The normalized spacial score (nSPS) is 14.1. The van der Waals surface area contributed by atoms with E-state index in [1.54, 1.807) is 13.3 Å². The van der Waals surface area contributed by atoms with Gasteiger partial charge in [-0.05, 0) is 60.1 Å². The number of ether oxygens (including phenoxy) is 1. The third-order valence-electron chi connectivity index (χ3n) is 5.63. The number of fused-ring (bicyclic) bond motifs is 1. The highest BCUT2D eigenvalue weighted by Crippen LogP contribution is 2.25. The van der Waals surface area contributed by atoms with Crippen molar-refractivity contribution >= 4 is 5.91 Å². The van der Waals surface area contributed by atoms with Gasteiger partial charge in [0.1, 0.15) is 17.6 Å². The van der Waals surface area contributed by atoms with Crippen LogP contribution in [0, 0.1) is 0 Å². The Morgan fingerprint density at radius 2 is 2.00 bits per heavy atom. The number of methoxy groups -OCH3 is 1. The summed E-state index contributed by atoms with van der Waals surface area (Å²) in [6.07, 6.45) is 8.76. The van der Waals surface area contributed by atoms with E-state index in [0.29, 0.717) is 6.42 Å². The van der Waals surface area contributed by atoms with Crippen molar-refractivity contribution < 1.29 is 9.53 Å². The SMILES string of the molecule is COc1cccc([C@@H](NC(=O)Cc2ccc3c(c2)CCCC3)c2nccn2C)c1. The molecular formula is C24H27N3O2. The van der Waals surface area contributed by atoms with Gasteiger partial charge in [0.15, 0.2) is 0 Å². The molecule has 5 nitrogen and oxygen atoms in total. The summed E-state index contributed by atoms with van der Waals surface area (Å²) < 4.78 is 7.30. The number of nitrogens with zero attached hydrogens (tertiary/aromatic N) is 2. The van der Waals surface area contributed by atoms with Crippen LogP contribution in [0.15, 0.2) is 54.9 Å². The third kappa shape index (κ3) is 4.34. The first-order chi connectivity index (χ1) is 14.1. The number of aryl methyl sites for hydroxylation is 3. The molecule has 29 heavy (non-hydrogen) atoms. The summed E-state index contributed by atoms with van der Waals surface area (Å²) >= 11 is 0. The Morgan fingerprint density at radius 3 is 2.76 bits per heavy atom. The number of carbonyl (C=O) groups is 1. The van der Waals surface area contributed by atoms with Gasteiger partial charge >= 0.3 is 0 Å². The minimum Gasteiger partial charge on any atom is -0.497 e. The standard InChI is InChI=1S/C24H27N3O2/c1-27-13-12-25-24(27)23(20-8-5-9-21(16-20)29-2)26-22(28)15-17-10-11-18-6-3-4-7-19(18)14-17/h5,8-14,16,23H,3-4,6-7,15H2,1-2H3,(H,26,28)/t23-/m1/s1. The molecule has 1 aromatic heterocycles. The summed E-state index contributed by atoms with van der Waals surface area (Å²) in [7, 11) is 3.58. The van der Waals surface area contributed by atoms with Gasteiger partial charge in [0.05, 0.1) is 13.5 Å². The molecule has 0 bridgehead atoms. The fourth-order valence-corrected chi connectivity index (χ4v) is 4.07. The van der Waals surface area contributed by atoms with E-state index >= 15 is 0 Å². The van der Waals surface area contributed by atoms with E-state index in [-0.39, 0.29) is 11.9 Å². The van der Waals surface area contributed by atoms with Crippen LogP contribution in [0.5, 0.6) is 5.75 Å². The molecule has 1 heterocycles. The van der Waals surface area contributed by atoms with Crippen LogP contribution < -0.4 is 10.1 Å². The fraction of sp³-hybridized carbons (Fsp3) is 0.333. The van der Waals surface area contributed by atoms with Gasteiger partial charge in [-0.25, -0.2) is 4.98 Å². The largest absolute Gasteiger partial charge is 0.497 e. The monoisotopic (exact) mass is 389 g/mol. The number of carbonyl (C=O) groups excluding carboxylic acids is 1. The van der Waals surface area contributed by atoms with Crippen LogP contribution >= 0.6 is 0 Å². The Hall–Kier alpha value is -3.08. The highest BCUT2D eigenvalue weighted by molar-refractivity contribution is 5.79. The second kappa shape index (κ2) is 8.52. The minimum atomic E-state index is -0.338. The summed E-state index contributed by atoms with van der Waals surface area (Å²) in [4.78, 5) is 17.4. The molecule has 0 unspecified atom stereocenters. The summed E-state index contributed by atoms with van der Waals surface area (Å²) in [6.45, 7) is 0. The van der Waals surface area contributed by atoms with Crippen molar-refractivity contribution in [1.82, 2.24) is 14.9 Å². The van der Waals surface area contributed by atoms with Crippen LogP contribution in [-0.2, 0) is 31.1 Å². The van der Waals surface area contributed by atoms with Crippen LogP contribution in [0.1, 0.15) is 47.0 Å². The summed E-state index contributed by atoms with van der Waals surface area (Å²) in [6, 6.07) is 13.9. The lowest BCUT2D eigenvalue weighted by atomic mass is 9.90. The molecule has 4 rings (SSSR count). The van der Waals surface area contributed by atoms with Gasteiger partial charge in [0.2, 0.25) is 5.91 Å². The Balaban J connectivity index is 1.56. The quantitative estimate of drug-likeness (QED) is 0.698. The van der Waals surface area contributed by atoms with Crippen LogP contribution in [0.25, 0.3) is 0 Å². The highest BCUT2D eigenvalue weighted by atomic mass is 16.5. The maximum absolute atomic E-state index is 12.9. The van der Waals surface area contributed by atoms with E-state index in [1.165, 1.54) is 24.0 Å². The van der Waals surface area contributed by atoms with Crippen LogP contribution in [-0.4, -0.2) is 22.6 Å². The van der Waals surface area contributed by atoms with Crippen molar-refractivity contribution in [2.24, 2.45) is 7.05 Å². The average molecular weight is 389 g/mol. The Kier molecular flexibility index (Phi) is 5.65. The molecule has 0 saturated heterocycles. The van der Waals surface area contributed by atoms with Crippen molar-refractivity contribution in [2.45, 2.75) is 38.1 Å². The molecule has 1 amide bonds. The van der Waals surface area contributed by atoms with Gasteiger partial charge in [-0.1, -0.05) is 30.3 Å². The summed E-state index contributed by atoms with van der Waals surface area (Å²) in [5, 5.41) is 3.18. The van der Waals surface area contributed by atoms with Crippen molar-refractivity contribution in [3.63, 3.8) is 0 Å². The molecule has 150 valence electrons. The lowest BCUT2D eigenvalue weighted by Crippen LogP contribution is -2.32. The predicted molar refractivity (Wildman–Crippen MR) is 113 cm³/mol. The van der Waals surface area contributed by atoms with Gasteiger partial charge in [0, 0.05) is 19.4 Å². The summed E-state index contributed by atoms with van der Waals surface area (Å²) in [5.74, 6) is 1.53. The fourth-order valence-electron chi connectivity index (χ4n) is 4.07. The molecule has 1 aliphatic carbocycles. The predicted octanol–water partition coefficient (Wildman–Crippen LogP) is 3.76. The summed E-state index contributed by atoms with van der Waals surface area (Å²) in [5.41, 5.74) is 4.84. The molecular weight excluding hydrogens is 362 g/mol. The van der Waals surface area contributed by atoms with Crippen molar-refractivity contribution in [1.29, 1.82) is 0 Å². The smallest absolute Gasteiger partial charge is 0.225 e. The number of aromatic nitrogens is 2. The van der Waals surface area contributed by atoms with Crippen LogP contribution in [0.4, 0.5) is 0 Å².